The zero-order valence-corrected chi connectivity index (χ0v) is 9.32. The number of alkyl halides is 1. The lowest BCUT2D eigenvalue weighted by atomic mass is 10.0. The summed E-state index contributed by atoms with van der Waals surface area (Å²) in [5.41, 5.74) is 1.57. The van der Waals surface area contributed by atoms with Crippen LogP contribution in [-0.4, -0.2) is 35.6 Å². The van der Waals surface area contributed by atoms with Gasteiger partial charge in [0.05, 0.1) is 6.67 Å². The normalized spacial score (nSPS) is 16.0. The van der Waals surface area contributed by atoms with E-state index in [2.05, 4.69) is 4.98 Å². The summed E-state index contributed by atoms with van der Waals surface area (Å²) in [7, 11) is 0. The Balaban J connectivity index is 2.04. The molecule has 0 bridgehead atoms. The number of pyridine rings is 1. The molecule has 0 atom stereocenters. The number of aromatic nitrogens is 1. The molecule has 0 aliphatic carbocycles. The van der Waals surface area contributed by atoms with E-state index in [0.29, 0.717) is 18.8 Å². The van der Waals surface area contributed by atoms with Gasteiger partial charge >= 0.3 is 0 Å². The second-order valence-electron chi connectivity index (χ2n) is 4.13. The largest absolute Gasteiger partial charge is 0.336 e. The molecule has 0 unspecified atom stereocenters. The zero-order valence-electron chi connectivity index (χ0n) is 9.32. The summed E-state index contributed by atoms with van der Waals surface area (Å²) in [4.78, 5) is 17.6. The first-order chi connectivity index (χ1) is 7.74. The van der Waals surface area contributed by atoms with Crippen LogP contribution < -0.4 is 0 Å². The van der Waals surface area contributed by atoms with E-state index in [1.165, 1.54) is 0 Å². The number of hydrogen-bond donors (Lipinski definition) is 0. The molecule has 0 aromatic carbocycles. The topological polar surface area (TPSA) is 33.2 Å². The average molecular weight is 222 g/mol. The van der Waals surface area contributed by atoms with E-state index in [-0.39, 0.29) is 18.5 Å². The average Bonchev–Trinajstić information content (AvgIpc) is 2.27. The summed E-state index contributed by atoms with van der Waals surface area (Å²) in [5.74, 6) is -0.0571. The summed E-state index contributed by atoms with van der Waals surface area (Å²) in [6.45, 7) is 2.74. The number of rotatable bonds is 3. The van der Waals surface area contributed by atoms with E-state index in [9.17, 15) is 9.18 Å². The summed E-state index contributed by atoms with van der Waals surface area (Å²) in [6, 6.07) is 3.71. The minimum Gasteiger partial charge on any atom is -0.336 e. The van der Waals surface area contributed by atoms with E-state index >= 15 is 0 Å². The minimum atomic E-state index is -0.341. The predicted octanol–water partition coefficient (Wildman–Crippen LogP) is 1.69. The van der Waals surface area contributed by atoms with E-state index < -0.39 is 0 Å². The fraction of sp³-hybridized carbons (Fsp3) is 0.500. The van der Waals surface area contributed by atoms with Crippen molar-refractivity contribution < 1.29 is 9.18 Å². The maximum Gasteiger partial charge on any atom is 0.272 e. The third-order valence-electron chi connectivity index (χ3n) is 2.91. The molecule has 86 valence electrons. The molecule has 1 aliphatic rings. The highest BCUT2D eigenvalue weighted by atomic mass is 19.1. The third kappa shape index (κ3) is 2.05. The summed E-state index contributed by atoms with van der Waals surface area (Å²) in [5, 5.41) is 0. The van der Waals surface area contributed by atoms with Gasteiger partial charge in [0.15, 0.2) is 0 Å². The lowest BCUT2D eigenvalue weighted by Crippen LogP contribution is -2.51. The van der Waals surface area contributed by atoms with E-state index in [4.69, 9.17) is 0 Å². The van der Waals surface area contributed by atoms with Crippen molar-refractivity contribution >= 4 is 5.91 Å². The molecule has 1 aromatic heterocycles. The van der Waals surface area contributed by atoms with Gasteiger partial charge in [-0.25, -0.2) is 0 Å². The van der Waals surface area contributed by atoms with Gasteiger partial charge in [-0.05, 0) is 24.1 Å². The summed E-state index contributed by atoms with van der Waals surface area (Å²) in [6.07, 6.45) is 2.54. The molecule has 0 N–H and O–H groups in total. The van der Waals surface area contributed by atoms with E-state index in [0.717, 1.165) is 12.0 Å². The van der Waals surface area contributed by atoms with Crippen molar-refractivity contribution in [1.29, 1.82) is 0 Å². The third-order valence-corrected chi connectivity index (χ3v) is 2.91. The number of hydrogen-bond acceptors (Lipinski definition) is 2. The highest BCUT2D eigenvalue weighted by Gasteiger charge is 2.31. The molecule has 0 spiro atoms. The second-order valence-corrected chi connectivity index (χ2v) is 4.13. The highest BCUT2D eigenvalue weighted by molar-refractivity contribution is 5.93. The highest BCUT2D eigenvalue weighted by Crippen LogP contribution is 2.18. The van der Waals surface area contributed by atoms with Crippen molar-refractivity contribution in [1.82, 2.24) is 9.88 Å². The number of halogens is 1. The van der Waals surface area contributed by atoms with Gasteiger partial charge in [-0.1, -0.05) is 6.92 Å². The fourth-order valence-electron chi connectivity index (χ4n) is 1.81. The predicted molar refractivity (Wildman–Crippen MR) is 59.0 cm³/mol. The molecular formula is C12H15FN2O. The Hall–Kier alpha value is -1.45. The Labute approximate surface area is 94.3 Å². The van der Waals surface area contributed by atoms with Crippen LogP contribution in [0.2, 0.25) is 0 Å². The molecule has 1 aromatic rings. The van der Waals surface area contributed by atoms with Crippen LogP contribution in [0.3, 0.4) is 0 Å². The van der Waals surface area contributed by atoms with Crippen LogP contribution in [-0.2, 0) is 6.42 Å². The quantitative estimate of drug-likeness (QED) is 0.779. The Morgan fingerprint density at radius 2 is 2.38 bits per heavy atom. The van der Waals surface area contributed by atoms with Crippen molar-refractivity contribution in [3.05, 3.63) is 29.6 Å². The lowest BCUT2D eigenvalue weighted by Gasteiger charge is -2.37. The summed E-state index contributed by atoms with van der Waals surface area (Å²) >= 11 is 0. The molecule has 0 radical (unpaired) electrons. The number of aryl methyl sites for hydroxylation is 1. The molecule has 3 nitrogen and oxygen atoms in total. The molecule has 1 amide bonds. The Morgan fingerprint density at radius 1 is 1.62 bits per heavy atom. The minimum absolute atomic E-state index is 0.0262. The van der Waals surface area contributed by atoms with Gasteiger partial charge in [-0.2, -0.15) is 0 Å². The SMILES string of the molecule is CCc1ccnc(C(=O)N2CC(CF)C2)c1. The van der Waals surface area contributed by atoms with Gasteiger partial charge in [0.1, 0.15) is 5.69 Å². The molecule has 0 saturated carbocycles. The molecule has 1 saturated heterocycles. The van der Waals surface area contributed by atoms with Crippen LogP contribution in [0.1, 0.15) is 23.0 Å². The Morgan fingerprint density at radius 3 is 3.00 bits per heavy atom. The molecule has 1 aliphatic heterocycles. The number of carbonyl (C=O) groups excluding carboxylic acids is 1. The molecule has 16 heavy (non-hydrogen) atoms. The van der Waals surface area contributed by atoms with Crippen molar-refractivity contribution in [3.8, 4) is 0 Å². The first kappa shape index (κ1) is 11.0. The van der Waals surface area contributed by atoms with Crippen molar-refractivity contribution in [2.24, 2.45) is 5.92 Å². The molecule has 1 fully saturated rings. The maximum atomic E-state index is 12.2. The van der Waals surface area contributed by atoms with Gasteiger partial charge in [0.25, 0.3) is 5.91 Å². The van der Waals surface area contributed by atoms with E-state index in [1.807, 2.05) is 19.1 Å². The van der Waals surface area contributed by atoms with Crippen molar-refractivity contribution in [2.75, 3.05) is 19.8 Å². The van der Waals surface area contributed by atoms with Gasteiger partial charge in [-0.3, -0.25) is 14.2 Å². The first-order valence-corrected chi connectivity index (χ1v) is 5.54. The monoisotopic (exact) mass is 222 g/mol. The molecule has 2 heterocycles. The van der Waals surface area contributed by atoms with E-state index in [1.54, 1.807) is 11.1 Å². The molecule has 4 heteroatoms. The number of likely N-dealkylation sites (tertiary alicyclic amines) is 1. The van der Waals surface area contributed by atoms with Crippen LogP contribution in [0.25, 0.3) is 0 Å². The van der Waals surface area contributed by atoms with Gasteiger partial charge in [0.2, 0.25) is 0 Å². The zero-order chi connectivity index (χ0) is 11.5. The van der Waals surface area contributed by atoms with Crippen LogP contribution in [0.5, 0.6) is 0 Å². The molecule has 2 rings (SSSR count). The Kier molecular flexibility index (Phi) is 3.17. The van der Waals surface area contributed by atoms with Crippen LogP contribution in [0, 0.1) is 5.92 Å². The smallest absolute Gasteiger partial charge is 0.272 e. The number of amides is 1. The standard InChI is InChI=1S/C12H15FN2O/c1-2-9-3-4-14-11(5-9)12(16)15-7-10(6-13)8-15/h3-5,10H,2,6-8H2,1H3. The first-order valence-electron chi connectivity index (χ1n) is 5.54. The van der Waals surface area contributed by atoms with Crippen LogP contribution in [0.15, 0.2) is 18.3 Å². The number of nitrogens with zero attached hydrogens (tertiary/aromatic N) is 2. The van der Waals surface area contributed by atoms with Crippen LogP contribution in [0.4, 0.5) is 4.39 Å². The molecular weight excluding hydrogens is 207 g/mol. The van der Waals surface area contributed by atoms with Crippen molar-refractivity contribution in [3.63, 3.8) is 0 Å². The lowest BCUT2D eigenvalue weighted by molar-refractivity contribution is 0.0447. The van der Waals surface area contributed by atoms with Crippen molar-refractivity contribution in [2.45, 2.75) is 13.3 Å². The van der Waals surface area contributed by atoms with Crippen LogP contribution >= 0.6 is 0 Å². The van der Waals surface area contributed by atoms with Gasteiger partial charge in [-0.15, -0.1) is 0 Å². The summed E-state index contributed by atoms with van der Waals surface area (Å²) < 4.78 is 12.2. The number of carbonyl (C=O) groups is 1. The Bertz CT molecular complexity index is 388. The van der Waals surface area contributed by atoms with Gasteiger partial charge in [0, 0.05) is 25.2 Å². The maximum absolute atomic E-state index is 12.2. The second kappa shape index (κ2) is 4.60. The van der Waals surface area contributed by atoms with Gasteiger partial charge < -0.3 is 4.90 Å². The fourth-order valence-corrected chi connectivity index (χ4v) is 1.81.